The predicted octanol–water partition coefficient (Wildman–Crippen LogP) is 3.27. The zero-order chi connectivity index (χ0) is 17.0. The summed E-state index contributed by atoms with van der Waals surface area (Å²) in [5.74, 6) is -4.35. The van der Waals surface area contributed by atoms with E-state index in [4.69, 9.17) is 5.11 Å². The van der Waals surface area contributed by atoms with E-state index < -0.39 is 17.5 Å². The second-order valence-electron chi connectivity index (χ2n) is 5.22. The van der Waals surface area contributed by atoms with Crippen LogP contribution in [0.4, 0.5) is 13.2 Å². The van der Waals surface area contributed by atoms with Gasteiger partial charge in [-0.3, -0.25) is 4.79 Å². The third-order valence-corrected chi connectivity index (χ3v) is 3.40. The number of carbonyl (C=O) groups excluding carboxylic acids is 1. The van der Waals surface area contributed by atoms with E-state index in [-0.39, 0.29) is 24.1 Å². The van der Waals surface area contributed by atoms with E-state index in [1.165, 1.54) is 24.3 Å². The molecule has 0 radical (unpaired) electrons. The Kier molecular flexibility index (Phi) is 5.39. The summed E-state index contributed by atoms with van der Waals surface area (Å²) in [5.41, 5.74) is 1.02. The summed E-state index contributed by atoms with van der Waals surface area (Å²) in [6.07, 6.45) is 0.442. The van der Waals surface area contributed by atoms with Gasteiger partial charge in [0, 0.05) is 18.2 Å². The van der Waals surface area contributed by atoms with Crippen LogP contribution in [0, 0.1) is 17.5 Å². The van der Waals surface area contributed by atoms with Gasteiger partial charge in [0.1, 0.15) is 0 Å². The minimum absolute atomic E-state index is 0.0257. The van der Waals surface area contributed by atoms with Crippen molar-refractivity contribution in [2.24, 2.45) is 0 Å². The van der Waals surface area contributed by atoms with Crippen LogP contribution in [0.2, 0.25) is 0 Å². The van der Waals surface area contributed by atoms with Gasteiger partial charge in [-0.25, -0.2) is 13.2 Å². The van der Waals surface area contributed by atoms with E-state index in [9.17, 15) is 18.0 Å². The van der Waals surface area contributed by atoms with Gasteiger partial charge >= 0.3 is 0 Å². The fourth-order valence-corrected chi connectivity index (χ4v) is 2.11. The maximum absolute atomic E-state index is 13.2. The molecule has 0 heterocycles. The normalized spacial score (nSPS) is 12.0. The lowest BCUT2D eigenvalue weighted by atomic mass is 10.0. The van der Waals surface area contributed by atoms with Crippen LogP contribution < -0.4 is 5.32 Å². The number of benzene rings is 2. The molecule has 2 rings (SSSR count). The van der Waals surface area contributed by atoms with Crippen molar-refractivity contribution in [2.45, 2.75) is 19.4 Å². The summed E-state index contributed by atoms with van der Waals surface area (Å²) in [6, 6.07) is 7.70. The van der Waals surface area contributed by atoms with Gasteiger partial charge in [0.2, 0.25) is 0 Å². The smallest absolute Gasteiger partial charge is 0.251 e. The SMILES string of the molecule is CC(CCO)NC(=O)c1ccc(-c2cc(F)c(F)c(F)c2)cc1. The summed E-state index contributed by atoms with van der Waals surface area (Å²) in [4.78, 5) is 12.0. The Labute approximate surface area is 131 Å². The highest BCUT2D eigenvalue weighted by Crippen LogP contribution is 2.24. The molecule has 0 aromatic heterocycles. The molecule has 6 heteroatoms. The van der Waals surface area contributed by atoms with Crippen LogP contribution in [-0.4, -0.2) is 23.7 Å². The van der Waals surface area contributed by atoms with Crippen molar-refractivity contribution in [3.05, 3.63) is 59.4 Å². The molecule has 0 aliphatic carbocycles. The third-order valence-electron chi connectivity index (χ3n) is 3.40. The summed E-state index contributed by atoms with van der Waals surface area (Å²) < 4.78 is 39.5. The Balaban J connectivity index is 2.18. The number of aliphatic hydroxyl groups excluding tert-OH is 1. The Morgan fingerprint density at radius 1 is 1.09 bits per heavy atom. The van der Waals surface area contributed by atoms with Crippen LogP contribution in [0.3, 0.4) is 0 Å². The van der Waals surface area contributed by atoms with Gasteiger partial charge < -0.3 is 10.4 Å². The van der Waals surface area contributed by atoms with Crippen molar-refractivity contribution in [3.8, 4) is 11.1 Å². The monoisotopic (exact) mass is 323 g/mol. The van der Waals surface area contributed by atoms with E-state index in [1.807, 2.05) is 0 Å². The average Bonchev–Trinajstić information content (AvgIpc) is 2.52. The van der Waals surface area contributed by atoms with Crippen molar-refractivity contribution in [1.82, 2.24) is 5.32 Å². The first kappa shape index (κ1) is 17.0. The van der Waals surface area contributed by atoms with Gasteiger partial charge in [-0.1, -0.05) is 12.1 Å². The fraction of sp³-hybridized carbons (Fsp3) is 0.235. The molecule has 1 atom stereocenters. The Hall–Kier alpha value is -2.34. The zero-order valence-corrected chi connectivity index (χ0v) is 12.4. The van der Waals surface area contributed by atoms with Crippen LogP contribution in [0.5, 0.6) is 0 Å². The molecule has 0 bridgehead atoms. The molecular weight excluding hydrogens is 307 g/mol. The lowest BCUT2D eigenvalue weighted by molar-refractivity contribution is 0.0934. The molecular formula is C17H16F3NO2. The highest BCUT2D eigenvalue weighted by atomic mass is 19.2. The molecule has 3 nitrogen and oxygen atoms in total. The predicted molar refractivity (Wildman–Crippen MR) is 80.4 cm³/mol. The first-order valence-corrected chi connectivity index (χ1v) is 7.09. The van der Waals surface area contributed by atoms with Crippen LogP contribution >= 0.6 is 0 Å². The van der Waals surface area contributed by atoms with Crippen LogP contribution in [-0.2, 0) is 0 Å². The van der Waals surface area contributed by atoms with Gasteiger partial charge in [-0.05, 0) is 48.7 Å². The average molecular weight is 323 g/mol. The molecule has 23 heavy (non-hydrogen) atoms. The number of nitrogens with one attached hydrogen (secondary N) is 1. The van der Waals surface area contributed by atoms with Gasteiger partial charge in [0.15, 0.2) is 17.5 Å². The van der Waals surface area contributed by atoms with Gasteiger partial charge in [0.25, 0.3) is 5.91 Å². The van der Waals surface area contributed by atoms with Crippen molar-refractivity contribution >= 4 is 5.91 Å². The molecule has 0 aliphatic heterocycles. The first-order valence-electron chi connectivity index (χ1n) is 7.09. The van der Waals surface area contributed by atoms with Gasteiger partial charge in [-0.2, -0.15) is 0 Å². The number of rotatable bonds is 5. The largest absolute Gasteiger partial charge is 0.396 e. The molecule has 1 amide bonds. The van der Waals surface area contributed by atoms with E-state index in [0.717, 1.165) is 12.1 Å². The summed E-state index contributed by atoms with van der Waals surface area (Å²) >= 11 is 0. The van der Waals surface area contributed by atoms with E-state index in [1.54, 1.807) is 6.92 Å². The molecule has 0 saturated heterocycles. The number of hydrogen-bond donors (Lipinski definition) is 2. The highest BCUT2D eigenvalue weighted by Gasteiger charge is 2.13. The first-order chi connectivity index (χ1) is 10.9. The molecule has 0 spiro atoms. The van der Waals surface area contributed by atoms with Gasteiger partial charge in [0.05, 0.1) is 0 Å². The Bertz CT molecular complexity index is 678. The van der Waals surface area contributed by atoms with Crippen LogP contribution in [0.15, 0.2) is 36.4 Å². The lowest BCUT2D eigenvalue weighted by Crippen LogP contribution is -2.33. The molecule has 1 unspecified atom stereocenters. The second kappa shape index (κ2) is 7.28. The molecule has 2 aromatic rings. The Morgan fingerprint density at radius 3 is 2.17 bits per heavy atom. The van der Waals surface area contributed by atoms with Crippen LogP contribution in [0.1, 0.15) is 23.7 Å². The highest BCUT2D eigenvalue weighted by molar-refractivity contribution is 5.94. The molecule has 2 aromatic carbocycles. The zero-order valence-electron chi connectivity index (χ0n) is 12.4. The van der Waals surface area contributed by atoms with Crippen molar-refractivity contribution in [2.75, 3.05) is 6.61 Å². The standard InChI is InChI=1S/C17H16F3NO2/c1-10(6-7-22)21-17(23)12-4-2-11(3-5-12)13-8-14(18)16(20)15(19)9-13/h2-5,8-10,22H,6-7H2,1H3,(H,21,23). The minimum atomic E-state index is -1.51. The number of halogens is 3. The molecule has 2 N–H and O–H groups in total. The summed E-state index contributed by atoms with van der Waals surface area (Å²) in [7, 11) is 0. The number of carbonyl (C=O) groups is 1. The summed E-state index contributed by atoms with van der Waals surface area (Å²) in [6.45, 7) is 1.74. The van der Waals surface area contributed by atoms with E-state index in [0.29, 0.717) is 17.5 Å². The molecule has 0 aliphatic rings. The Morgan fingerprint density at radius 2 is 1.65 bits per heavy atom. The van der Waals surface area contributed by atoms with Crippen molar-refractivity contribution in [1.29, 1.82) is 0 Å². The van der Waals surface area contributed by atoms with Crippen LogP contribution in [0.25, 0.3) is 11.1 Å². The maximum atomic E-state index is 13.2. The molecule has 0 fully saturated rings. The number of aliphatic hydroxyl groups is 1. The van der Waals surface area contributed by atoms with Gasteiger partial charge in [-0.15, -0.1) is 0 Å². The lowest BCUT2D eigenvalue weighted by Gasteiger charge is -2.12. The molecule has 122 valence electrons. The molecule has 0 saturated carbocycles. The third kappa shape index (κ3) is 4.10. The maximum Gasteiger partial charge on any atom is 0.251 e. The van der Waals surface area contributed by atoms with Crippen molar-refractivity contribution in [3.63, 3.8) is 0 Å². The minimum Gasteiger partial charge on any atom is -0.396 e. The topological polar surface area (TPSA) is 49.3 Å². The number of amides is 1. The van der Waals surface area contributed by atoms with E-state index in [2.05, 4.69) is 5.32 Å². The van der Waals surface area contributed by atoms with E-state index >= 15 is 0 Å². The second-order valence-corrected chi connectivity index (χ2v) is 5.22. The van der Waals surface area contributed by atoms with Crippen molar-refractivity contribution < 1.29 is 23.1 Å². The number of hydrogen-bond acceptors (Lipinski definition) is 2. The quantitative estimate of drug-likeness (QED) is 0.830. The fourth-order valence-electron chi connectivity index (χ4n) is 2.11. The summed E-state index contributed by atoms with van der Waals surface area (Å²) in [5, 5.41) is 11.5.